The molecule has 0 radical (unpaired) electrons. The van der Waals surface area contributed by atoms with Crippen molar-refractivity contribution in [1.82, 2.24) is 5.32 Å². The zero-order chi connectivity index (χ0) is 11.5. The number of nitrogens with one attached hydrogen (secondary N) is 1. The van der Waals surface area contributed by atoms with E-state index in [0.29, 0.717) is 6.04 Å². The lowest BCUT2D eigenvalue weighted by Crippen LogP contribution is -2.14. The number of hydrogen-bond donors (Lipinski definition) is 1. The minimum absolute atomic E-state index is 0.413. The normalized spacial score (nSPS) is 24.4. The van der Waals surface area contributed by atoms with Crippen LogP contribution in [0.4, 0.5) is 0 Å². The van der Waals surface area contributed by atoms with Crippen molar-refractivity contribution in [3.8, 4) is 11.5 Å². The van der Waals surface area contributed by atoms with Crippen LogP contribution in [0.2, 0.25) is 0 Å². The van der Waals surface area contributed by atoms with Crippen molar-refractivity contribution < 1.29 is 9.47 Å². The zero-order valence-electron chi connectivity index (χ0n) is 10.1. The van der Waals surface area contributed by atoms with Crippen LogP contribution in [-0.4, -0.2) is 20.8 Å². The zero-order valence-corrected chi connectivity index (χ0v) is 10.1. The highest BCUT2D eigenvalue weighted by Gasteiger charge is 2.24. The Labute approximate surface area is 96.8 Å². The summed E-state index contributed by atoms with van der Waals surface area (Å²) in [6.07, 6.45) is 1.17. The molecular weight excluding hydrogens is 202 g/mol. The van der Waals surface area contributed by atoms with E-state index in [2.05, 4.69) is 18.3 Å². The van der Waals surface area contributed by atoms with E-state index in [1.807, 2.05) is 12.1 Å². The Morgan fingerprint density at radius 3 is 2.62 bits per heavy atom. The maximum Gasteiger partial charge on any atom is 0.127 e. The van der Waals surface area contributed by atoms with Crippen molar-refractivity contribution in [2.45, 2.75) is 19.4 Å². The van der Waals surface area contributed by atoms with Crippen molar-refractivity contribution >= 4 is 0 Å². The smallest absolute Gasteiger partial charge is 0.127 e. The van der Waals surface area contributed by atoms with Crippen molar-refractivity contribution in [2.75, 3.05) is 20.8 Å². The number of rotatable bonds is 3. The molecule has 1 aromatic rings. The van der Waals surface area contributed by atoms with Gasteiger partial charge >= 0.3 is 0 Å². The topological polar surface area (TPSA) is 30.5 Å². The average molecular weight is 221 g/mol. The molecule has 2 atom stereocenters. The predicted octanol–water partition coefficient (Wildman–Crippen LogP) is 2.37. The van der Waals surface area contributed by atoms with Gasteiger partial charge in [-0.3, -0.25) is 0 Å². The minimum Gasteiger partial charge on any atom is -0.497 e. The third-order valence-electron chi connectivity index (χ3n) is 3.17. The van der Waals surface area contributed by atoms with Crippen LogP contribution in [0.15, 0.2) is 18.2 Å². The summed E-state index contributed by atoms with van der Waals surface area (Å²) in [4.78, 5) is 0. The number of benzene rings is 1. The van der Waals surface area contributed by atoms with Gasteiger partial charge in [-0.1, -0.05) is 13.0 Å². The summed E-state index contributed by atoms with van der Waals surface area (Å²) in [5.74, 6) is 2.48. The molecule has 1 heterocycles. The molecule has 0 aromatic heterocycles. The highest BCUT2D eigenvalue weighted by Crippen LogP contribution is 2.34. The molecular formula is C13H19NO2. The molecule has 0 saturated carbocycles. The van der Waals surface area contributed by atoms with Gasteiger partial charge < -0.3 is 14.8 Å². The van der Waals surface area contributed by atoms with Gasteiger partial charge in [-0.2, -0.15) is 0 Å². The van der Waals surface area contributed by atoms with E-state index in [0.717, 1.165) is 24.0 Å². The van der Waals surface area contributed by atoms with Crippen molar-refractivity contribution in [1.29, 1.82) is 0 Å². The van der Waals surface area contributed by atoms with Gasteiger partial charge in [-0.05, 0) is 24.9 Å². The van der Waals surface area contributed by atoms with Crippen molar-refractivity contribution in [3.63, 3.8) is 0 Å². The molecule has 1 aromatic carbocycles. The van der Waals surface area contributed by atoms with Gasteiger partial charge in [0.2, 0.25) is 0 Å². The standard InChI is InChI=1S/C13H19NO2/c1-9-6-12(14-8-9)11-5-4-10(15-2)7-13(11)16-3/h4-5,7,9,12,14H,6,8H2,1-3H3. The van der Waals surface area contributed by atoms with Gasteiger partial charge in [0.05, 0.1) is 14.2 Å². The number of hydrogen-bond acceptors (Lipinski definition) is 3. The molecule has 1 fully saturated rings. The van der Waals surface area contributed by atoms with Gasteiger partial charge in [0.25, 0.3) is 0 Å². The lowest BCUT2D eigenvalue weighted by atomic mass is 10.0. The van der Waals surface area contributed by atoms with Gasteiger partial charge in [0, 0.05) is 17.7 Å². The van der Waals surface area contributed by atoms with Crippen LogP contribution in [0.1, 0.15) is 24.9 Å². The number of methoxy groups -OCH3 is 2. The Morgan fingerprint density at radius 1 is 1.25 bits per heavy atom. The molecule has 88 valence electrons. The fraction of sp³-hybridized carbons (Fsp3) is 0.538. The highest BCUT2D eigenvalue weighted by atomic mass is 16.5. The Kier molecular flexibility index (Phi) is 3.34. The van der Waals surface area contributed by atoms with E-state index in [4.69, 9.17) is 9.47 Å². The Balaban J connectivity index is 2.26. The molecule has 1 aliphatic heterocycles. The summed E-state index contributed by atoms with van der Waals surface area (Å²) >= 11 is 0. The van der Waals surface area contributed by atoms with E-state index in [1.165, 1.54) is 12.0 Å². The average Bonchev–Trinajstić information content (AvgIpc) is 2.74. The lowest BCUT2D eigenvalue weighted by Gasteiger charge is -2.16. The van der Waals surface area contributed by atoms with Crippen LogP contribution in [0.5, 0.6) is 11.5 Å². The Morgan fingerprint density at radius 2 is 2.06 bits per heavy atom. The summed E-state index contributed by atoms with van der Waals surface area (Å²) in [6, 6.07) is 6.44. The monoisotopic (exact) mass is 221 g/mol. The lowest BCUT2D eigenvalue weighted by molar-refractivity contribution is 0.386. The van der Waals surface area contributed by atoms with Gasteiger partial charge in [0.15, 0.2) is 0 Å². The molecule has 0 bridgehead atoms. The van der Waals surface area contributed by atoms with Gasteiger partial charge in [-0.15, -0.1) is 0 Å². The first-order chi connectivity index (χ1) is 7.74. The number of ether oxygens (including phenoxy) is 2. The van der Waals surface area contributed by atoms with Gasteiger partial charge in [-0.25, -0.2) is 0 Å². The largest absolute Gasteiger partial charge is 0.497 e. The maximum atomic E-state index is 5.42. The second kappa shape index (κ2) is 4.74. The molecule has 2 unspecified atom stereocenters. The first-order valence-corrected chi connectivity index (χ1v) is 5.70. The second-order valence-corrected chi connectivity index (χ2v) is 4.41. The molecule has 3 heteroatoms. The quantitative estimate of drug-likeness (QED) is 0.850. The summed E-state index contributed by atoms with van der Waals surface area (Å²) in [5.41, 5.74) is 1.23. The second-order valence-electron chi connectivity index (χ2n) is 4.41. The Bertz CT molecular complexity index is 365. The van der Waals surface area contributed by atoms with Crippen LogP contribution < -0.4 is 14.8 Å². The van der Waals surface area contributed by atoms with E-state index in [-0.39, 0.29) is 0 Å². The summed E-state index contributed by atoms with van der Waals surface area (Å²) < 4.78 is 10.6. The van der Waals surface area contributed by atoms with E-state index in [9.17, 15) is 0 Å². The molecule has 16 heavy (non-hydrogen) atoms. The maximum absolute atomic E-state index is 5.42. The first kappa shape index (κ1) is 11.3. The summed E-state index contributed by atoms with van der Waals surface area (Å²) in [7, 11) is 3.38. The van der Waals surface area contributed by atoms with E-state index >= 15 is 0 Å². The van der Waals surface area contributed by atoms with Crippen LogP contribution >= 0.6 is 0 Å². The summed E-state index contributed by atoms with van der Waals surface area (Å²) in [5, 5.41) is 3.51. The minimum atomic E-state index is 0.413. The van der Waals surface area contributed by atoms with Crippen molar-refractivity contribution in [3.05, 3.63) is 23.8 Å². The third-order valence-corrected chi connectivity index (χ3v) is 3.17. The molecule has 3 nitrogen and oxygen atoms in total. The molecule has 2 rings (SSSR count). The van der Waals surface area contributed by atoms with E-state index in [1.54, 1.807) is 14.2 Å². The van der Waals surface area contributed by atoms with Crippen LogP contribution in [0, 0.1) is 5.92 Å². The molecule has 1 N–H and O–H groups in total. The molecule has 0 spiro atoms. The first-order valence-electron chi connectivity index (χ1n) is 5.70. The molecule has 0 aliphatic carbocycles. The van der Waals surface area contributed by atoms with Crippen LogP contribution in [-0.2, 0) is 0 Å². The van der Waals surface area contributed by atoms with Crippen LogP contribution in [0.25, 0.3) is 0 Å². The van der Waals surface area contributed by atoms with Crippen molar-refractivity contribution in [2.24, 2.45) is 5.92 Å². The predicted molar refractivity (Wildman–Crippen MR) is 64.1 cm³/mol. The van der Waals surface area contributed by atoms with Crippen LogP contribution in [0.3, 0.4) is 0 Å². The van der Waals surface area contributed by atoms with Gasteiger partial charge in [0.1, 0.15) is 11.5 Å². The molecule has 1 aliphatic rings. The fourth-order valence-corrected chi connectivity index (χ4v) is 2.26. The fourth-order valence-electron chi connectivity index (χ4n) is 2.26. The summed E-state index contributed by atoms with van der Waals surface area (Å²) in [6.45, 7) is 3.35. The molecule has 1 saturated heterocycles. The molecule has 0 amide bonds. The SMILES string of the molecule is COc1ccc(C2CC(C)CN2)c(OC)c1. The Hall–Kier alpha value is -1.22. The third kappa shape index (κ3) is 2.14. The van der Waals surface area contributed by atoms with E-state index < -0.39 is 0 Å². The highest BCUT2D eigenvalue weighted by molar-refractivity contribution is 5.42.